The number of ketones is 2. The largest absolute Gasteiger partial charge is 0.481 e. The van der Waals surface area contributed by atoms with Crippen LogP contribution in [0.5, 0.6) is 0 Å². The van der Waals surface area contributed by atoms with E-state index in [9.17, 15) is 24.6 Å². The SMILES string of the molecule is CC(C)(CO)CCCCC1CCCC(CCCC2CCCC(CCCCC(C)(C)C(=O)O)C2=O)C1=O. The number of carboxylic acids is 1. The topological polar surface area (TPSA) is 91.7 Å². The smallest absolute Gasteiger partial charge is 0.309 e. The molecule has 0 aromatic carbocycles. The first-order chi connectivity index (χ1) is 17.0. The molecule has 2 rings (SSSR count). The van der Waals surface area contributed by atoms with E-state index in [0.29, 0.717) is 18.0 Å². The average molecular weight is 507 g/mol. The quantitative estimate of drug-likeness (QED) is 0.213. The first-order valence-corrected chi connectivity index (χ1v) is 14.9. The van der Waals surface area contributed by atoms with Crippen molar-refractivity contribution in [2.45, 2.75) is 137 Å². The molecule has 36 heavy (non-hydrogen) atoms. The van der Waals surface area contributed by atoms with Crippen molar-refractivity contribution in [2.24, 2.45) is 34.5 Å². The Morgan fingerprint density at radius 2 is 1.08 bits per heavy atom. The zero-order valence-corrected chi connectivity index (χ0v) is 23.7. The molecule has 208 valence electrons. The fourth-order valence-corrected chi connectivity index (χ4v) is 6.35. The van der Waals surface area contributed by atoms with E-state index in [1.54, 1.807) is 13.8 Å². The molecule has 0 radical (unpaired) electrons. The minimum absolute atomic E-state index is 0.0219. The van der Waals surface area contributed by atoms with Gasteiger partial charge in [0, 0.05) is 30.3 Å². The molecule has 0 aliphatic heterocycles. The van der Waals surface area contributed by atoms with Crippen molar-refractivity contribution in [2.75, 3.05) is 6.61 Å². The molecule has 2 N–H and O–H groups in total. The fraction of sp³-hybridized carbons (Fsp3) is 0.903. The molecule has 0 aromatic heterocycles. The summed E-state index contributed by atoms with van der Waals surface area (Å²) in [5.41, 5.74) is -0.711. The highest BCUT2D eigenvalue weighted by molar-refractivity contribution is 5.84. The molecule has 2 fully saturated rings. The number of carboxylic acid groups (broad SMARTS) is 1. The van der Waals surface area contributed by atoms with E-state index in [4.69, 9.17) is 0 Å². The maximum absolute atomic E-state index is 13.1. The number of hydrogen-bond donors (Lipinski definition) is 2. The van der Waals surface area contributed by atoms with Crippen LogP contribution in [0.3, 0.4) is 0 Å². The summed E-state index contributed by atoms with van der Waals surface area (Å²) < 4.78 is 0. The summed E-state index contributed by atoms with van der Waals surface area (Å²) in [6.07, 6.45) is 16.6. The summed E-state index contributed by atoms with van der Waals surface area (Å²) in [7, 11) is 0. The van der Waals surface area contributed by atoms with Crippen LogP contribution in [0, 0.1) is 34.5 Å². The number of carbonyl (C=O) groups excluding carboxylic acids is 2. The van der Waals surface area contributed by atoms with Gasteiger partial charge in [0.1, 0.15) is 11.6 Å². The standard InChI is InChI=1S/C31H54O5/c1-30(2,22-32)20-7-5-12-23-14-9-16-25(27(23)33)18-11-19-26-17-10-15-24(28(26)34)13-6-8-21-31(3,4)29(35)36/h23-26,32H,5-22H2,1-4H3,(H,35,36). The Bertz CT molecular complexity index is 710. The number of Topliss-reactive ketones (excluding diaryl/α,β-unsaturated/α-hetero) is 2. The molecule has 4 atom stereocenters. The summed E-state index contributed by atoms with van der Waals surface area (Å²) in [4.78, 5) is 37.5. The molecule has 2 aliphatic carbocycles. The lowest BCUT2D eigenvalue weighted by Crippen LogP contribution is -2.30. The summed E-state index contributed by atoms with van der Waals surface area (Å²) in [6, 6.07) is 0. The second-order valence-electron chi connectivity index (χ2n) is 13.4. The van der Waals surface area contributed by atoms with Gasteiger partial charge in [0.25, 0.3) is 0 Å². The average Bonchev–Trinajstić information content (AvgIpc) is 2.83. The molecular weight excluding hydrogens is 452 g/mol. The van der Waals surface area contributed by atoms with Crippen molar-refractivity contribution in [3.8, 4) is 0 Å². The van der Waals surface area contributed by atoms with Crippen molar-refractivity contribution in [3.63, 3.8) is 0 Å². The maximum Gasteiger partial charge on any atom is 0.309 e. The van der Waals surface area contributed by atoms with Gasteiger partial charge in [-0.2, -0.15) is 0 Å². The lowest BCUT2D eigenvalue weighted by molar-refractivity contribution is -0.147. The minimum Gasteiger partial charge on any atom is -0.481 e. The van der Waals surface area contributed by atoms with Gasteiger partial charge in [-0.15, -0.1) is 0 Å². The van der Waals surface area contributed by atoms with Crippen LogP contribution in [-0.4, -0.2) is 34.4 Å². The van der Waals surface area contributed by atoms with Crippen LogP contribution in [0.1, 0.15) is 137 Å². The fourth-order valence-electron chi connectivity index (χ4n) is 6.35. The Kier molecular flexibility index (Phi) is 12.6. The number of hydrogen-bond acceptors (Lipinski definition) is 4. The van der Waals surface area contributed by atoms with Crippen LogP contribution in [0.4, 0.5) is 0 Å². The number of carbonyl (C=O) groups is 3. The van der Waals surface area contributed by atoms with Gasteiger partial charge in [-0.1, -0.05) is 58.8 Å². The molecule has 0 aromatic rings. The van der Waals surface area contributed by atoms with Crippen LogP contribution >= 0.6 is 0 Å². The Balaban J connectivity index is 1.69. The lowest BCUT2D eigenvalue weighted by Gasteiger charge is -2.30. The molecule has 2 saturated carbocycles. The van der Waals surface area contributed by atoms with Crippen LogP contribution in [-0.2, 0) is 14.4 Å². The van der Waals surface area contributed by atoms with Crippen LogP contribution in [0.2, 0.25) is 0 Å². The van der Waals surface area contributed by atoms with Gasteiger partial charge in [0.05, 0.1) is 5.41 Å². The lowest BCUT2D eigenvalue weighted by atomic mass is 9.73. The van der Waals surface area contributed by atoms with Crippen molar-refractivity contribution >= 4 is 17.5 Å². The highest BCUT2D eigenvalue weighted by atomic mass is 16.4. The molecule has 0 bridgehead atoms. The third kappa shape index (κ3) is 9.91. The molecule has 4 unspecified atom stereocenters. The van der Waals surface area contributed by atoms with Gasteiger partial charge < -0.3 is 10.2 Å². The number of aliphatic carboxylic acids is 1. The van der Waals surface area contributed by atoms with Gasteiger partial charge in [-0.25, -0.2) is 0 Å². The second-order valence-corrected chi connectivity index (χ2v) is 13.4. The summed E-state index contributed by atoms with van der Waals surface area (Å²) in [5.74, 6) is 0.854. The molecular formula is C31H54O5. The molecule has 0 heterocycles. The van der Waals surface area contributed by atoms with E-state index >= 15 is 0 Å². The van der Waals surface area contributed by atoms with Crippen LogP contribution in [0.25, 0.3) is 0 Å². The first-order valence-electron chi connectivity index (χ1n) is 14.9. The zero-order chi connectivity index (χ0) is 26.8. The first kappa shape index (κ1) is 31.0. The summed E-state index contributed by atoms with van der Waals surface area (Å²) >= 11 is 0. The van der Waals surface area contributed by atoms with Gasteiger partial charge in [-0.3, -0.25) is 14.4 Å². The van der Waals surface area contributed by atoms with Crippen LogP contribution in [0.15, 0.2) is 0 Å². The van der Waals surface area contributed by atoms with Gasteiger partial charge in [0.2, 0.25) is 0 Å². The van der Waals surface area contributed by atoms with Gasteiger partial charge >= 0.3 is 5.97 Å². The number of aliphatic hydroxyl groups is 1. The van der Waals surface area contributed by atoms with Gasteiger partial charge in [0.15, 0.2) is 0 Å². The predicted molar refractivity (Wildman–Crippen MR) is 145 cm³/mol. The molecule has 0 spiro atoms. The van der Waals surface area contributed by atoms with Crippen molar-refractivity contribution in [1.29, 1.82) is 0 Å². The van der Waals surface area contributed by atoms with E-state index in [-0.39, 0.29) is 35.7 Å². The van der Waals surface area contributed by atoms with Crippen molar-refractivity contribution in [3.05, 3.63) is 0 Å². The molecule has 2 aliphatic rings. The normalized spacial score (nSPS) is 25.8. The molecule has 0 saturated heterocycles. The van der Waals surface area contributed by atoms with E-state index in [2.05, 4.69) is 13.8 Å². The Labute approximate surface area is 220 Å². The number of rotatable bonds is 16. The highest BCUT2D eigenvalue weighted by Crippen LogP contribution is 2.36. The maximum atomic E-state index is 13.1. The minimum atomic E-state index is -0.749. The van der Waals surface area contributed by atoms with Crippen molar-refractivity contribution in [1.82, 2.24) is 0 Å². The Morgan fingerprint density at radius 1 is 0.694 bits per heavy atom. The van der Waals surface area contributed by atoms with E-state index in [1.165, 1.54) is 0 Å². The predicted octanol–water partition coefficient (Wildman–Crippen LogP) is 7.38. The van der Waals surface area contributed by atoms with E-state index in [0.717, 1.165) is 103 Å². The number of aliphatic hydroxyl groups excluding tert-OH is 1. The highest BCUT2D eigenvalue weighted by Gasteiger charge is 2.33. The monoisotopic (exact) mass is 506 g/mol. The van der Waals surface area contributed by atoms with E-state index in [1.807, 2.05) is 0 Å². The third-order valence-corrected chi connectivity index (χ3v) is 9.19. The van der Waals surface area contributed by atoms with Gasteiger partial charge in [-0.05, 0) is 83.5 Å². The molecule has 5 nitrogen and oxygen atoms in total. The third-order valence-electron chi connectivity index (χ3n) is 9.19. The summed E-state index contributed by atoms with van der Waals surface area (Å²) in [5, 5.41) is 18.7. The Morgan fingerprint density at radius 3 is 1.47 bits per heavy atom. The van der Waals surface area contributed by atoms with Crippen LogP contribution < -0.4 is 0 Å². The molecule has 5 heteroatoms. The zero-order valence-electron chi connectivity index (χ0n) is 23.7. The second kappa shape index (κ2) is 14.6. The Hall–Kier alpha value is -1.23. The number of unbranched alkanes of at least 4 members (excludes halogenated alkanes) is 2. The molecule has 0 amide bonds. The van der Waals surface area contributed by atoms with E-state index < -0.39 is 11.4 Å². The summed E-state index contributed by atoms with van der Waals surface area (Å²) in [6.45, 7) is 7.95. The van der Waals surface area contributed by atoms with Crippen molar-refractivity contribution < 1.29 is 24.6 Å².